The molecule has 2 unspecified atom stereocenters. The summed E-state index contributed by atoms with van der Waals surface area (Å²) in [5.74, 6) is -1.03. The van der Waals surface area contributed by atoms with Gasteiger partial charge in [0.15, 0.2) is 6.10 Å². The number of nitrogens with zero attached hydrogens (tertiary/aromatic N) is 3. The molecule has 2 aliphatic heterocycles. The van der Waals surface area contributed by atoms with Crippen LogP contribution in [0.1, 0.15) is 40.5 Å². The molecule has 1 aromatic rings. The van der Waals surface area contributed by atoms with E-state index in [9.17, 15) is 18.3 Å². The molecule has 0 spiro atoms. The van der Waals surface area contributed by atoms with Crippen LogP contribution in [0.5, 0.6) is 0 Å². The molecule has 0 bridgehead atoms. The molecule has 2 saturated heterocycles. The van der Waals surface area contributed by atoms with E-state index in [-0.39, 0.29) is 10.9 Å². The first-order chi connectivity index (χ1) is 13.9. The van der Waals surface area contributed by atoms with Gasteiger partial charge in [0.1, 0.15) is 0 Å². The fraction of sp³-hybridized carbons (Fsp3) is 0.722. The van der Waals surface area contributed by atoms with E-state index in [0.717, 1.165) is 0 Å². The van der Waals surface area contributed by atoms with Crippen molar-refractivity contribution in [3.8, 4) is 0 Å². The predicted molar refractivity (Wildman–Crippen MR) is 108 cm³/mol. The molecule has 2 aliphatic rings. The minimum absolute atomic E-state index is 0.331. The molecule has 2 N–H and O–H groups in total. The van der Waals surface area contributed by atoms with Crippen molar-refractivity contribution in [2.24, 2.45) is 0 Å². The highest BCUT2D eigenvalue weighted by atomic mass is 32.2. The molecule has 0 saturated carbocycles. The lowest BCUT2D eigenvalue weighted by Crippen LogP contribution is -2.46. The van der Waals surface area contributed by atoms with E-state index in [2.05, 4.69) is 9.97 Å². The molecule has 30 heavy (non-hydrogen) atoms. The van der Waals surface area contributed by atoms with Crippen LogP contribution in [0, 0.1) is 0 Å². The van der Waals surface area contributed by atoms with E-state index < -0.39 is 52.8 Å². The van der Waals surface area contributed by atoms with E-state index >= 15 is 0 Å². The summed E-state index contributed by atoms with van der Waals surface area (Å²) in [5, 5.41) is 18.2. The highest BCUT2D eigenvalue weighted by Crippen LogP contribution is 2.36. The first kappa shape index (κ1) is 23.1. The van der Waals surface area contributed by atoms with Crippen molar-refractivity contribution in [1.29, 1.82) is 0 Å². The lowest BCUT2D eigenvalue weighted by Gasteiger charge is -2.32. The normalized spacial score (nSPS) is 24.3. The number of aliphatic hydroxyl groups excluding tert-OH is 2. The van der Waals surface area contributed by atoms with Crippen LogP contribution in [0.4, 0.5) is 0 Å². The number of sulfone groups is 1. The number of hydrogen-bond donors (Lipinski definition) is 2. The largest absolute Gasteiger partial charge is 0.498 e. The number of aliphatic hydroxyl groups is 2. The van der Waals surface area contributed by atoms with Crippen molar-refractivity contribution < 1.29 is 32.7 Å². The zero-order chi connectivity index (χ0) is 22.3. The van der Waals surface area contributed by atoms with Crippen LogP contribution in [0.15, 0.2) is 17.6 Å². The molecule has 0 aliphatic carbocycles. The number of likely N-dealkylation sites (tertiary alicyclic amines) is 1. The van der Waals surface area contributed by atoms with Crippen molar-refractivity contribution in [3.63, 3.8) is 0 Å². The van der Waals surface area contributed by atoms with E-state index in [1.165, 1.54) is 17.3 Å². The molecule has 3 heterocycles. The van der Waals surface area contributed by atoms with Crippen molar-refractivity contribution in [2.45, 2.75) is 69.0 Å². The maximum atomic E-state index is 12.8. The van der Waals surface area contributed by atoms with Crippen LogP contribution >= 0.6 is 0 Å². The molecule has 2 fully saturated rings. The van der Waals surface area contributed by atoms with Crippen LogP contribution in [0.3, 0.4) is 0 Å². The summed E-state index contributed by atoms with van der Waals surface area (Å²) in [5.41, 5.74) is -0.573. The van der Waals surface area contributed by atoms with Gasteiger partial charge in [0.2, 0.25) is 15.0 Å². The highest BCUT2D eigenvalue weighted by Gasteiger charge is 2.52. The Balaban J connectivity index is 1.72. The highest BCUT2D eigenvalue weighted by molar-refractivity contribution is 7.91. The fourth-order valence-corrected chi connectivity index (χ4v) is 4.91. The number of rotatable bonds is 6. The Morgan fingerprint density at radius 2 is 1.83 bits per heavy atom. The van der Waals surface area contributed by atoms with E-state index in [0.29, 0.717) is 24.8 Å². The summed E-state index contributed by atoms with van der Waals surface area (Å²) < 4.78 is 37.4. The SMILES string of the molecule is CC1(C)OB(c2cnc(S(=O)(=O)CC3CCCN3C(=O)C(O)CO)nc2)OC1(C)C. The van der Waals surface area contributed by atoms with Gasteiger partial charge in [0.25, 0.3) is 5.91 Å². The molecule has 12 heteroatoms. The lowest BCUT2D eigenvalue weighted by atomic mass is 9.81. The molecule has 166 valence electrons. The Morgan fingerprint density at radius 3 is 2.37 bits per heavy atom. The Hall–Kier alpha value is -1.60. The second-order valence-corrected chi connectivity index (χ2v) is 10.6. The monoisotopic (exact) mass is 441 g/mol. The first-order valence-electron chi connectivity index (χ1n) is 9.88. The van der Waals surface area contributed by atoms with Crippen LogP contribution in [0.2, 0.25) is 0 Å². The molecule has 3 rings (SSSR count). The molecule has 10 nitrogen and oxygen atoms in total. The standard InChI is InChI=1S/C18H28BN3O7S/c1-17(2)18(3,4)29-19(28-17)12-8-20-16(21-9-12)30(26,27)11-13-6-5-7-22(13)15(25)14(24)10-23/h8-9,13-14,23-24H,5-7,10-11H2,1-4H3. The third-order valence-electron chi connectivity index (χ3n) is 5.98. The van der Waals surface area contributed by atoms with Gasteiger partial charge in [-0.15, -0.1) is 0 Å². The Kier molecular flexibility index (Phi) is 6.27. The Morgan fingerprint density at radius 1 is 1.27 bits per heavy atom. The molecule has 0 radical (unpaired) electrons. The Bertz CT molecular complexity index is 876. The maximum absolute atomic E-state index is 12.8. The third kappa shape index (κ3) is 4.38. The van der Waals surface area contributed by atoms with Gasteiger partial charge in [-0.1, -0.05) is 0 Å². The summed E-state index contributed by atoms with van der Waals surface area (Å²) >= 11 is 0. The van der Waals surface area contributed by atoms with Crippen molar-refractivity contribution >= 4 is 28.3 Å². The van der Waals surface area contributed by atoms with Crippen LogP contribution in [-0.4, -0.2) is 88.8 Å². The summed E-state index contributed by atoms with van der Waals surface area (Å²) in [6.45, 7) is 7.27. The predicted octanol–water partition coefficient (Wildman–Crippen LogP) is -1.11. The van der Waals surface area contributed by atoms with E-state index in [4.69, 9.17) is 14.4 Å². The average molecular weight is 441 g/mol. The minimum atomic E-state index is -3.87. The topological polar surface area (TPSA) is 139 Å². The second kappa shape index (κ2) is 8.15. The molecule has 2 atom stereocenters. The molecule has 0 aromatic carbocycles. The maximum Gasteiger partial charge on any atom is 0.498 e. The second-order valence-electron chi connectivity index (χ2n) is 8.69. The summed E-state index contributed by atoms with van der Waals surface area (Å²) in [4.78, 5) is 21.5. The van der Waals surface area contributed by atoms with E-state index in [1.807, 2.05) is 27.7 Å². The molecule has 1 aromatic heterocycles. The van der Waals surface area contributed by atoms with Gasteiger partial charge in [0.05, 0.1) is 23.6 Å². The zero-order valence-electron chi connectivity index (χ0n) is 17.6. The number of carbonyl (C=O) groups is 1. The van der Waals surface area contributed by atoms with Gasteiger partial charge >= 0.3 is 7.12 Å². The molecular formula is C18H28BN3O7S. The number of amides is 1. The van der Waals surface area contributed by atoms with Crippen molar-refractivity contribution in [2.75, 3.05) is 18.9 Å². The Labute approximate surface area is 176 Å². The summed E-state index contributed by atoms with van der Waals surface area (Å²) in [6.07, 6.45) is 2.29. The number of aromatic nitrogens is 2. The van der Waals surface area contributed by atoms with Crippen molar-refractivity contribution in [3.05, 3.63) is 12.4 Å². The average Bonchev–Trinajstić information content (AvgIpc) is 3.21. The van der Waals surface area contributed by atoms with Gasteiger partial charge in [0, 0.05) is 30.4 Å². The van der Waals surface area contributed by atoms with Gasteiger partial charge in [-0.25, -0.2) is 18.4 Å². The lowest BCUT2D eigenvalue weighted by molar-refractivity contribution is -0.142. The quantitative estimate of drug-likeness (QED) is 0.416. The first-order valence-corrected chi connectivity index (χ1v) is 11.5. The summed E-state index contributed by atoms with van der Waals surface area (Å²) in [6, 6.07) is -0.602. The molecular weight excluding hydrogens is 413 g/mol. The van der Waals surface area contributed by atoms with Gasteiger partial charge in [-0.2, -0.15) is 0 Å². The summed E-state index contributed by atoms with van der Waals surface area (Å²) in [7, 11) is -4.57. The number of hydrogen-bond acceptors (Lipinski definition) is 9. The van der Waals surface area contributed by atoms with Crippen LogP contribution < -0.4 is 5.46 Å². The minimum Gasteiger partial charge on any atom is -0.399 e. The van der Waals surface area contributed by atoms with Gasteiger partial charge < -0.3 is 24.4 Å². The van der Waals surface area contributed by atoms with Gasteiger partial charge in [-0.3, -0.25) is 4.79 Å². The zero-order valence-corrected chi connectivity index (χ0v) is 18.4. The fourth-order valence-electron chi connectivity index (χ4n) is 3.48. The van der Waals surface area contributed by atoms with Gasteiger partial charge in [-0.05, 0) is 40.5 Å². The van der Waals surface area contributed by atoms with E-state index in [1.54, 1.807) is 0 Å². The van der Waals surface area contributed by atoms with Crippen LogP contribution in [-0.2, 0) is 23.9 Å². The smallest absolute Gasteiger partial charge is 0.399 e. The van der Waals surface area contributed by atoms with Crippen LogP contribution in [0.25, 0.3) is 0 Å². The molecule has 1 amide bonds. The van der Waals surface area contributed by atoms with Crippen molar-refractivity contribution in [1.82, 2.24) is 14.9 Å². The third-order valence-corrected chi connectivity index (χ3v) is 7.57. The number of carbonyl (C=O) groups excluding carboxylic acids is 1.